The summed E-state index contributed by atoms with van der Waals surface area (Å²) in [4.78, 5) is 0. The molecule has 0 aliphatic carbocycles. The predicted octanol–water partition coefficient (Wildman–Crippen LogP) is 2.03. The molecule has 0 radical (unpaired) electrons. The van der Waals surface area contributed by atoms with Gasteiger partial charge in [-0.1, -0.05) is 18.5 Å². The zero-order valence-corrected chi connectivity index (χ0v) is 11.8. The molecule has 0 bridgehead atoms. The van der Waals surface area contributed by atoms with Gasteiger partial charge in [0.15, 0.2) is 0 Å². The Morgan fingerprint density at radius 2 is 2.12 bits per heavy atom. The Morgan fingerprint density at radius 1 is 1.47 bits per heavy atom. The quantitative estimate of drug-likeness (QED) is 0.851. The fraction of sp³-hybridized carbons (Fsp3) is 0.750. The maximum Gasteiger partial charge on any atom is 0.0850 e. The Balaban J connectivity index is 3.00. The lowest BCUT2D eigenvalue weighted by Gasteiger charge is -2.24. The molecule has 0 spiro atoms. The van der Waals surface area contributed by atoms with Crippen molar-refractivity contribution in [3.05, 3.63) is 16.4 Å². The van der Waals surface area contributed by atoms with Gasteiger partial charge in [-0.3, -0.25) is 4.68 Å². The van der Waals surface area contributed by atoms with E-state index in [2.05, 4.69) is 18.9 Å². The summed E-state index contributed by atoms with van der Waals surface area (Å²) in [5.41, 5.74) is 7.71. The lowest BCUT2D eigenvalue weighted by Crippen LogP contribution is -2.43. The van der Waals surface area contributed by atoms with E-state index in [9.17, 15) is 0 Å². The average molecular weight is 260 g/mol. The largest absolute Gasteiger partial charge is 0.383 e. The molecule has 17 heavy (non-hydrogen) atoms. The first-order chi connectivity index (χ1) is 7.95. The van der Waals surface area contributed by atoms with Crippen LogP contribution in [-0.2, 0) is 24.1 Å². The molecule has 0 saturated heterocycles. The van der Waals surface area contributed by atoms with Crippen LogP contribution in [0.5, 0.6) is 0 Å². The van der Waals surface area contributed by atoms with Crippen LogP contribution in [0.1, 0.15) is 32.2 Å². The topological polar surface area (TPSA) is 53.1 Å². The Labute approximate surface area is 108 Å². The summed E-state index contributed by atoms with van der Waals surface area (Å²) in [6, 6.07) is 0. The molecule has 1 aromatic rings. The number of hydrogen-bond donors (Lipinski definition) is 1. The minimum atomic E-state index is -0.420. The molecular weight excluding hydrogens is 238 g/mol. The van der Waals surface area contributed by atoms with Gasteiger partial charge in [0.25, 0.3) is 0 Å². The van der Waals surface area contributed by atoms with Crippen LogP contribution in [0.15, 0.2) is 0 Å². The van der Waals surface area contributed by atoms with E-state index in [1.165, 1.54) is 0 Å². The summed E-state index contributed by atoms with van der Waals surface area (Å²) in [6.45, 7) is 7.37. The van der Waals surface area contributed by atoms with E-state index in [1.54, 1.807) is 7.11 Å². The molecule has 0 aliphatic rings. The van der Waals surface area contributed by atoms with E-state index in [1.807, 2.05) is 11.6 Å². The van der Waals surface area contributed by atoms with Crippen molar-refractivity contribution in [3.63, 3.8) is 0 Å². The average Bonchev–Trinajstić information content (AvgIpc) is 2.55. The lowest BCUT2D eigenvalue weighted by molar-refractivity contribution is 0.139. The number of aromatic nitrogens is 2. The number of rotatable bonds is 6. The third-order valence-electron chi connectivity index (χ3n) is 2.74. The molecular formula is C12H22ClN3O. The number of methoxy groups -OCH3 is 1. The molecule has 0 aliphatic heterocycles. The van der Waals surface area contributed by atoms with E-state index in [4.69, 9.17) is 22.1 Å². The monoisotopic (exact) mass is 259 g/mol. The van der Waals surface area contributed by atoms with E-state index in [0.717, 1.165) is 29.4 Å². The number of aryl methyl sites for hydroxylation is 2. The van der Waals surface area contributed by atoms with Gasteiger partial charge >= 0.3 is 0 Å². The molecule has 98 valence electrons. The van der Waals surface area contributed by atoms with Crippen molar-refractivity contribution in [2.75, 3.05) is 13.7 Å². The maximum atomic E-state index is 6.33. The molecule has 1 atom stereocenters. The number of halogens is 1. The molecule has 0 fully saturated rings. The number of nitrogens with zero attached hydrogens (tertiary/aromatic N) is 2. The molecule has 0 aromatic carbocycles. The predicted molar refractivity (Wildman–Crippen MR) is 70.5 cm³/mol. The van der Waals surface area contributed by atoms with Crippen molar-refractivity contribution in [2.45, 2.75) is 45.7 Å². The second-order valence-corrected chi connectivity index (χ2v) is 5.02. The summed E-state index contributed by atoms with van der Waals surface area (Å²) in [7, 11) is 1.65. The zero-order valence-electron chi connectivity index (χ0n) is 11.1. The Bertz CT molecular complexity index is 374. The van der Waals surface area contributed by atoms with Crippen LogP contribution >= 0.6 is 11.6 Å². The molecule has 1 unspecified atom stereocenters. The van der Waals surface area contributed by atoms with Crippen molar-refractivity contribution in [1.29, 1.82) is 0 Å². The van der Waals surface area contributed by atoms with Crippen molar-refractivity contribution in [2.24, 2.45) is 5.73 Å². The fourth-order valence-corrected chi connectivity index (χ4v) is 2.29. The molecule has 0 saturated carbocycles. The minimum Gasteiger partial charge on any atom is -0.383 e. The molecule has 4 nitrogen and oxygen atoms in total. The van der Waals surface area contributed by atoms with E-state index in [-0.39, 0.29) is 0 Å². The molecule has 2 N–H and O–H groups in total. The Kier molecular flexibility index (Phi) is 4.98. The highest BCUT2D eigenvalue weighted by atomic mass is 35.5. The van der Waals surface area contributed by atoms with Gasteiger partial charge < -0.3 is 10.5 Å². The first kappa shape index (κ1) is 14.5. The molecule has 1 rings (SSSR count). The van der Waals surface area contributed by atoms with Crippen LogP contribution in [0.3, 0.4) is 0 Å². The van der Waals surface area contributed by atoms with Crippen molar-refractivity contribution in [1.82, 2.24) is 9.78 Å². The molecule has 5 heteroatoms. The van der Waals surface area contributed by atoms with Gasteiger partial charge in [0.1, 0.15) is 0 Å². The Morgan fingerprint density at radius 3 is 2.59 bits per heavy atom. The van der Waals surface area contributed by atoms with Gasteiger partial charge in [0.05, 0.1) is 23.0 Å². The van der Waals surface area contributed by atoms with Crippen molar-refractivity contribution in [3.8, 4) is 0 Å². The van der Waals surface area contributed by atoms with E-state index < -0.39 is 5.54 Å². The molecule has 0 amide bonds. The second-order valence-electron chi connectivity index (χ2n) is 4.64. The summed E-state index contributed by atoms with van der Waals surface area (Å²) < 4.78 is 7.06. The number of hydrogen-bond acceptors (Lipinski definition) is 3. The standard InChI is InChI=1S/C12H22ClN3O/c1-5-9-11(13)10(16(6-2)15-9)7-12(3,14)8-17-4/h5-8,14H2,1-4H3. The third kappa shape index (κ3) is 3.44. The van der Waals surface area contributed by atoms with Gasteiger partial charge in [-0.15, -0.1) is 0 Å². The summed E-state index contributed by atoms with van der Waals surface area (Å²) in [6.07, 6.45) is 1.50. The molecule has 1 aromatic heterocycles. The fourth-order valence-electron chi connectivity index (χ4n) is 1.95. The smallest absolute Gasteiger partial charge is 0.0850 e. The summed E-state index contributed by atoms with van der Waals surface area (Å²) >= 11 is 6.33. The number of ether oxygens (including phenoxy) is 1. The van der Waals surface area contributed by atoms with Gasteiger partial charge in [-0.25, -0.2) is 0 Å². The normalized spacial score (nSPS) is 14.9. The minimum absolute atomic E-state index is 0.420. The van der Waals surface area contributed by atoms with Crippen LogP contribution < -0.4 is 5.73 Å². The van der Waals surface area contributed by atoms with Crippen LogP contribution in [0.4, 0.5) is 0 Å². The summed E-state index contributed by atoms with van der Waals surface area (Å²) in [5, 5.41) is 5.23. The maximum absolute atomic E-state index is 6.33. The second kappa shape index (κ2) is 5.85. The van der Waals surface area contributed by atoms with Crippen LogP contribution in [0.2, 0.25) is 5.02 Å². The summed E-state index contributed by atoms with van der Waals surface area (Å²) in [5.74, 6) is 0. The first-order valence-corrected chi connectivity index (χ1v) is 6.34. The first-order valence-electron chi connectivity index (χ1n) is 5.97. The highest BCUT2D eigenvalue weighted by Crippen LogP contribution is 2.24. The van der Waals surface area contributed by atoms with E-state index >= 15 is 0 Å². The third-order valence-corrected chi connectivity index (χ3v) is 3.18. The van der Waals surface area contributed by atoms with Crippen molar-refractivity contribution >= 4 is 11.6 Å². The van der Waals surface area contributed by atoms with Gasteiger partial charge in [0, 0.05) is 25.6 Å². The van der Waals surface area contributed by atoms with Crippen LogP contribution in [0, 0.1) is 0 Å². The number of nitrogens with two attached hydrogens (primary N) is 1. The van der Waals surface area contributed by atoms with Crippen molar-refractivity contribution < 1.29 is 4.74 Å². The lowest BCUT2D eigenvalue weighted by atomic mass is 9.98. The van der Waals surface area contributed by atoms with Gasteiger partial charge in [0.2, 0.25) is 0 Å². The van der Waals surface area contributed by atoms with Crippen LogP contribution in [-0.4, -0.2) is 29.0 Å². The van der Waals surface area contributed by atoms with Gasteiger partial charge in [-0.2, -0.15) is 5.10 Å². The van der Waals surface area contributed by atoms with E-state index in [0.29, 0.717) is 13.0 Å². The van der Waals surface area contributed by atoms with Gasteiger partial charge in [-0.05, 0) is 20.3 Å². The zero-order chi connectivity index (χ0) is 13.1. The Hall–Kier alpha value is -0.580. The molecule has 1 heterocycles. The highest BCUT2D eigenvalue weighted by molar-refractivity contribution is 6.31. The highest BCUT2D eigenvalue weighted by Gasteiger charge is 2.24. The SMILES string of the molecule is CCc1nn(CC)c(CC(C)(N)COC)c1Cl. The van der Waals surface area contributed by atoms with Crippen LogP contribution in [0.25, 0.3) is 0 Å².